The molecule has 102 valence electrons. The van der Waals surface area contributed by atoms with Crippen molar-refractivity contribution in [2.45, 2.75) is 13.5 Å². The van der Waals surface area contributed by atoms with Gasteiger partial charge in [0, 0.05) is 28.2 Å². The molecular weight excluding hydrogens is 270 g/mol. The molecule has 1 amide bonds. The number of aryl methyl sites for hydroxylation is 1. The summed E-state index contributed by atoms with van der Waals surface area (Å²) in [7, 11) is 0. The van der Waals surface area contributed by atoms with Crippen LogP contribution in [0.15, 0.2) is 29.9 Å². The molecule has 0 unspecified atom stereocenters. The number of thiophene rings is 1. The number of hydrogen-bond acceptors (Lipinski definition) is 4. The molecule has 0 aliphatic carbocycles. The quantitative estimate of drug-likeness (QED) is 0.843. The first-order valence-corrected chi connectivity index (χ1v) is 7.03. The molecule has 0 aromatic carbocycles. The van der Waals surface area contributed by atoms with E-state index in [1.807, 2.05) is 24.4 Å². The predicted molar refractivity (Wildman–Crippen MR) is 80.4 cm³/mol. The van der Waals surface area contributed by atoms with E-state index in [0.717, 1.165) is 16.0 Å². The SMILES string of the molecule is Cc1cncc(C(=O)NCc2cc(C#CCN)cs2)c1. The normalized spacial score (nSPS) is 9.70. The molecule has 3 N–H and O–H groups in total. The molecule has 0 radical (unpaired) electrons. The number of carbonyl (C=O) groups is 1. The van der Waals surface area contributed by atoms with E-state index >= 15 is 0 Å². The Balaban J connectivity index is 1.95. The number of nitrogens with zero attached hydrogens (tertiary/aromatic N) is 1. The second-order valence-corrected chi connectivity index (χ2v) is 5.24. The molecule has 0 bridgehead atoms. The summed E-state index contributed by atoms with van der Waals surface area (Å²) in [5.74, 6) is 5.65. The Bertz CT molecular complexity index is 667. The van der Waals surface area contributed by atoms with Crippen molar-refractivity contribution in [3.63, 3.8) is 0 Å². The number of rotatable bonds is 3. The molecule has 0 aliphatic heterocycles. The third kappa shape index (κ3) is 3.92. The van der Waals surface area contributed by atoms with Crippen molar-refractivity contribution >= 4 is 17.2 Å². The molecule has 0 spiro atoms. The van der Waals surface area contributed by atoms with Gasteiger partial charge in [-0.3, -0.25) is 9.78 Å². The lowest BCUT2D eigenvalue weighted by atomic mass is 10.2. The fourth-order valence-electron chi connectivity index (χ4n) is 1.64. The van der Waals surface area contributed by atoms with Gasteiger partial charge >= 0.3 is 0 Å². The topological polar surface area (TPSA) is 68.0 Å². The zero-order valence-electron chi connectivity index (χ0n) is 11.1. The summed E-state index contributed by atoms with van der Waals surface area (Å²) >= 11 is 1.57. The molecule has 2 rings (SSSR count). The van der Waals surface area contributed by atoms with Crippen LogP contribution in [0.4, 0.5) is 0 Å². The fraction of sp³-hybridized carbons (Fsp3) is 0.200. The zero-order chi connectivity index (χ0) is 14.4. The molecule has 0 atom stereocenters. The van der Waals surface area contributed by atoms with Gasteiger partial charge in [0.1, 0.15) is 0 Å². The monoisotopic (exact) mass is 285 g/mol. The largest absolute Gasteiger partial charge is 0.347 e. The molecule has 0 fully saturated rings. The molecule has 2 aromatic heterocycles. The van der Waals surface area contributed by atoms with Crippen LogP contribution in [-0.4, -0.2) is 17.4 Å². The molecule has 0 saturated heterocycles. The van der Waals surface area contributed by atoms with E-state index in [0.29, 0.717) is 18.7 Å². The minimum absolute atomic E-state index is 0.121. The van der Waals surface area contributed by atoms with Gasteiger partial charge in [0.05, 0.1) is 18.7 Å². The highest BCUT2D eigenvalue weighted by molar-refractivity contribution is 7.10. The maximum Gasteiger partial charge on any atom is 0.253 e. The van der Waals surface area contributed by atoms with Gasteiger partial charge in [0.2, 0.25) is 0 Å². The second kappa shape index (κ2) is 6.85. The van der Waals surface area contributed by atoms with E-state index in [1.165, 1.54) is 0 Å². The van der Waals surface area contributed by atoms with Crippen molar-refractivity contribution in [2.24, 2.45) is 5.73 Å². The Morgan fingerprint density at radius 1 is 1.45 bits per heavy atom. The molecule has 5 heteroatoms. The highest BCUT2D eigenvalue weighted by Gasteiger charge is 2.06. The van der Waals surface area contributed by atoms with E-state index in [9.17, 15) is 4.79 Å². The van der Waals surface area contributed by atoms with Crippen molar-refractivity contribution in [1.29, 1.82) is 0 Å². The molecule has 2 heterocycles. The summed E-state index contributed by atoms with van der Waals surface area (Å²) < 4.78 is 0. The summed E-state index contributed by atoms with van der Waals surface area (Å²) in [6.07, 6.45) is 3.29. The lowest BCUT2D eigenvalue weighted by Crippen LogP contribution is -2.22. The summed E-state index contributed by atoms with van der Waals surface area (Å²) in [6.45, 7) is 2.75. The smallest absolute Gasteiger partial charge is 0.253 e. The van der Waals surface area contributed by atoms with Crippen molar-refractivity contribution in [1.82, 2.24) is 10.3 Å². The number of hydrogen-bond donors (Lipinski definition) is 2. The minimum atomic E-state index is -0.121. The molecule has 2 aromatic rings. The van der Waals surface area contributed by atoms with E-state index in [1.54, 1.807) is 23.7 Å². The van der Waals surface area contributed by atoms with Crippen molar-refractivity contribution < 1.29 is 4.79 Å². The minimum Gasteiger partial charge on any atom is -0.347 e. The number of amides is 1. The van der Waals surface area contributed by atoms with Gasteiger partial charge in [-0.1, -0.05) is 11.8 Å². The maximum atomic E-state index is 12.0. The third-order valence-corrected chi connectivity index (χ3v) is 3.49. The van der Waals surface area contributed by atoms with Gasteiger partial charge in [-0.25, -0.2) is 0 Å². The van der Waals surface area contributed by atoms with Crippen molar-refractivity contribution in [3.8, 4) is 11.8 Å². The lowest BCUT2D eigenvalue weighted by Gasteiger charge is -2.03. The average molecular weight is 285 g/mol. The van der Waals surface area contributed by atoms with Crippen molar-refractivity contribution in [2.75, 3.05) is 6.54 Å². The second-order valence-electron chi connectivity index (χ2n) is 4.24. The summed E-state index contributed by atoms with van der Waals surface area (Å²) in [6, 6.07) is 3.77. The molecule has 20 heavy (non-hydrogen) atoms. The van der Waals surface area contributed by atoms with E-state index < -0.39 is 0 Å². The number of nitrogens with one attached hydrogen (secondary N) is 1. The van der Waals surface area contributed by atoms with E-state index in [-0.39, 0.29) is 5.91 Å². The van der Waals surface area contributed by atoms with E-state index in [2.05, 4.69) is 22.1 Å². The van der Waals surface area contributed by atoms with Crippen LogP contribution in [0, 0.1) is 18.8 Å². The summed E-state index contributed by atoms with van der Waals surface area (Å²) in [4.78, 5) is 17.0. The van der Waals surface area contributed by atoms with Crippen LogP contribution in [0.1, 0.15) is 26.4 Å². The van der Waals surface area contributed by atoms with Gasteiger partial charge in [-0.2, -0.15) is 0 Å². The van der Waals surface area contributed by atoms with Crippen LogP contribution in [0.2, 0.25) is 0 Å². The first kappa shape index (κ1) is 14.3. The van der Waals surface area contributed by atoms with Crippen LogP contribution in [-0.2, 0) is 6.54 Å². The third-order valence-electron chi connectivity index (χ3n) is 2.55. The highest BCUT2D eigenvalue weighted by atomic mass is 32.1. The Hall–Kier alpha value is -2.16. The maximum absolute atomic E-state index is 12.0. The molecule has 0 saturated carbocycles. The Morgan fingerprint density at radius 3 is 3.05 bits per heavy atom. The number of carbonyl (C=O) groups excluding carboxylic acids is 1. The van der Waals surface area contributed by atoms with Gasteiger partial charge < -0.3 is 11.1 Å². The first-order valence-electron chi connectivity index (χ1n) is 6.15. The molecular formula is C15H15N3OS. The predicted octanol–water partition coefficient (Wildman–Crippen LogP) is 1.69. The summed E-state index contributed by atoms with van der Waals surface area (Å²) in [5.41, 5.74) is 7.80. The standard InChI is InChI=1S/C15H15N3OS/c1-11-5-13(8-17-7-11)15(19)18-9-14-6-12(10-20-14)3-2-4-16/h5-8,10H,4,9,16H2,1H3,(H,18,19). The van der Waals surface area contributed by atoms with Crippen LogP contribution in [0.3, 0.4) is 0 Å². The number of aromatic nitrogens is 1. The van der Waals surface area contributed by atoms with Crippen LogP contribution in [0.25, 0.3) is 0 Å². The average Bonchev–Trinajstić information content (AvgIpc) is 2.90. The van der Waals surface area contributed by atoms with E-state index in [4.69, 9.17) is 5.73 Å². The Labute approximate surface area is 122 Å². The van der Waals surface area contributed by atoms with Crippen LogP contribution < -0.4 is 11.1 Å². The first-order chi connectivity index (χ1) is 9.69. The van der Waals surface area contributed by atoms with Gasteiger partial charge in [0.25, 0.3) is 5.91 Å². The highest BCUT2D eigenvalue weighted by Crippen LogP contribution is 2.13. The Kier molecular flexibility index (Phi) is 4.88. The number of nitrogens with two attached hydrogens (primary N) is 1. The molecule has 4 nitrogen and oxygen atoms in total. The van der Waals surface area contributed by atoms with Crippen LogP contribution in [0.5, 0.6) is 0 Å². The van der Waals surface area contributed by atoms with Crippen molar-refractivity contribution in [3.05, 3.63) is 51.5 Å². The fourth-order valence-corrected chi connectivity index (χ4v) is 2.40. The van der Waals surface area contributed by atoms with Gasteiger partial charge in [-0.05, 0) is 24.6 Å². The Morgan fingerprint density at radius 2 is 2.30 bits per heavy atom. The summed E-state index contributed by atoms with van der Waals surface area (Å²) in [5, 5.41) is 4.83. The van der Waals surface area contributed by atoms with Gasteiger partial charge in [0.15, 0.2) is 0 Å². The van der Waals surface area contributed by atoms with Gasteiger partial charge in [-0.15, -0.1) is 11.3 Å². The lowest BCUT2D eigenvalue weighted by molar-refractivity contribution is 0.0951. The number of pyridine rings is 1. The molecule has 0 aliphatic rings. The zero-order valence-corrected chi connectivity index (χ0v) is 12.0. The van der Waals surface area contributed by atoms with Crippen LogP contribution >= 0.6 is 11.3 Å².